The Balaban J connectivity index is 4.22. The van der Waals surface area contributed by atoms with Crippen LogP contribution in [-0.4, -0.2) is 75.6 Å². The van der Waals surface area contributed by atoms with Crippen LogP contribution in [0, 0.1) is 0 Å². The fourth-order valence-corrected chi connectivity index (χ4v) is 7.10. The highest BCUT2D eigenvalue weighted by Crippen LogP contribution is 2.43. The largest absolute Gasteiger partial charge is 0.472 e. The number of allylic oxidation sites excluding steroid dienone is 16. The fourth-order valence-electron chi connectivity index (χ4n) is 6.36. The zero-order chi connectivity index (χ0) is 46.2. The normalized spacial score (nSPS) is 14.4. The molecule has 0 fully saturated rings. The van der Waals surface area contributed by atoms with Crippen molar-refractivity contribution in [3.63, 3.8) is 0 Å². The second kappa shape index (κ2) is 46.0. The van der Waals surface area contributed by atoms with Crippen LogP contribution in [0.25, 0.3) is 0 Å². The van der Waals surface area contributed by atoms with Gasteiger partial charge >= 0.3 is 13.8 Å². The minimum Gasteiger partial charge on any atom is -0.457 e. The van der Waals surface area contributed by atoms with E-state index in [1.807, 2.05) is 21.1 Å². The molecule has 2 atom stereocenters. The Hall–Kier alpha value is -2.58. The third-order valence-corrected chi connectivity index (χ3v) is 11.1. The van der Waals surface area contributed by atoms with Crippen molar-refractivity contribution in [1.82, 2.24) is 0 Å². The van der Waals surface area contributed by atoms with Crippen LogP contribution in [-0.2, 0) is 27.9 Å². The van der Waals surface area contributed by atoms with Crippen molar-refractivity contribution in [3.8, 4) is 0 Å². The average Bonchev–Trinajstić information content (AvgIpc) is 3.24. The first-order valence-electron chi connectivity index (χ1n) is 25.0. The Morgan fingerprint density at radius 3 is 1.30 bits per heavy atom. The summed E-state index contributed by atoms with van der Waals surface area (Å²) in [5.41, 5.74) is 0. The lowest BCUT2D eigenvalue weighted by molar-refractivity contribution is -0.870. The molecular weight excluding hydrogens is 806 g/mol. The number of esters is 1. The van der Waals surface area contributed by atoms with Gasteiger partial charge in [0.15, 0.2) is 0 Å². The van der Waals surface area contributed by atoms with Crippen LogP contribution in [0.15, 0.2) is 97.2 Å². The first-order chi connectivity index (χ1) is 30.6. The number of unbranched alkanes of at least 4 members (excludes halogenated alkanes) is 15. The third-order valence-electron chi connectivity index (χ3n) is 10.1. The molecule has 0 aliphatic rings. The van der Waals surface area contributed by atoms with Crippen LogP contribution < -0.4 is 0 Å². The Morgan fingerprint density at radius 2 is 0.873 bits per heavy atom. The number of nitrogens with zero attached hydrogens (tertiary/aromatic N) is 1. The van der Waals surface area contributed by atoms with Crippen LogP contribution in [0.1, 0.15) is 181 Å². The SMILES string of the molecule is CC/C=C\C/C=C\C/C=C\C/C=C\CCCCCCCCCCC(=O)OC(COCCCCCCCCC/C=C\C/C=C\C/C=C\C/C=C\CC)COP(=O)(O)OCC[N+](C)(C)C. The van der Waals surface area contributed by atoms with Crippen molar-refractivity contribution in [1.29, 1.82) is 0 Å². The van der Waals surface area contributed by atoms with Gasteiger partial charge in [0.2, 0.25) is 0 Å². The number of hydrogen-bond donors (Lipinski definition) is 1. The van der Waals surface area contributed by atoms with E-state index in [0.717, 1.165) is 96.3 Å². The van der Waals surface area contributed by atoms with Gasteiger partial charge in [0, 0.05) is 13.0 Å². The minimum absolute atomic E-state index is 0.0789. The maximum Gasteiger partial charge on any atom is 0.472 e. The zero-order valence-corrected chi connectivity index (χ0v) is 41.9. The summed E-state index contributed by atoms with van der Waals surface area (Å²) in [6.07, 6.45) is 63.0. The van der Waals surface area contributed by atoms with E-state index in [0.29, 0.717) is 24.1 Å². The van der Waals surface area contributed by atoms with E-state index < -0.39 is 13.9 Å². The standard InChI is InChI=1S/C54H94NO7P/c1-6-8-10-12-14-16-18-20-22-24-26-28-29-31-33-35-37-39-41-43-45-47-54(56)62-53(52-61-63(57,58)60-50-48-55(3,4)5)51-59-49-46-44-42-40-38-36-34-32-30-27-25-23-21-19-17-15-13-11-9-7-2/h8-11,14-17,20-23,26-28,30,53H,6-7,12-13,18-19,24-25,29,31-52H2,1-5H3/p+1/b10-8-,11-9-,16-14-,17-15-,22-20-,23-21-,28-26-,30-27-. The lowest BCUT2D eigenvalue weighted by atomic mass is 10.1. The lowest BCUT2D eigenvalue weighted by Crippen LogP contribution is -2.37. The number of ether oxygens (including phenoxy) is 2. The molecule has 0 saturated carbocycles. The molecule has 0 aromatic heterocycles. The van der Waals surface area contributed by atoms with Crippen molar-refractivity contribution >= 4 is 13.8 Å². The Labute approximate surface area is 387 Å². The highest BCUT2D eigenvalue weighted by Gasteiger charge is 2.26. The number of phosphoric ester groups is 1. The van der Waals surface area contributed by atoms with Gasteiger partial charge in [-0.2, -0.15) is 0 Å². The number of rotatable bonds is 45. The molecule has 63 heavy (non-hydrogen) atoms. The van der Waals surface area contributed by atoms with Crippen molar-refractivity contribution < 1.29 is 37.3 Å². The first kappa shape index (κ1) is 60.4. The molecular formula is C54H95NO7P+. The zero-order valence-electron chi connectivity index (χ0n) is 41.0. The highest BCUT2D eigenvalue weighted by molar-refractivity contribution is 7.47. The lowest BCUT2D eigenvalue weighted by Gasteiger charge is -2.24. The highest BCUT2D eigenvalue weighted by atomic mass is 31.2. The second-order valence-electron chi connectivity index (χ2n) is 17.4. The Kier molecular flexibility index (Phi) is 44.1. The molecule has 0 heterocycles. The molecule has 8 nitrogen and oxygen atoms in total. The van der Waals surface area contributed by atoms with Crippen LogP contribution in [0.5, 0.6) is 0 Å². The summed E-state index contributed by atoms with van der Waals surface area (Å²) >= 11 is 0. The fraction of sp³-hybridized carbons (Fsp3) is 0.685. The quantitative estimate of drug-likeness (QED) is 0.0214. The summed E-state index contributed by atoms with van der Waals surface area (Å²) < 4.78 is 35.1. The Morgan fingerprint density at radius 1 is 0.492 bits per heavy atom. The van der Waals surface area contributed by atoms with E-state index in [9.17, 15) is 14.3 Å². The van der Waals surface area contributed by atoms with Crippen molar-refractivity contribution in [2.45, 2.75) is 187 Å². The van der Waals surface area contributed by atoms with E-state index in [4.69, 9.17) is 18.5 Å². The minimum atomic E-state index is -4.29. The van der Waals surface area contributed by atoms with Gasteiger partial charge in [0.25, 0.3) is 0 Å². The monoisotopic (exact) mass is 901 g/mol. The summed E-state index contributed by atoms with van der Waals surface area (Å²) in [5, 5.41) is 0. The van der Waals surface area contributed by atoms with Crippen molar-refractivity contribution in [2.24, 2.45) is 0 Å². The number of phosphoric acid groups is 1. The summed E-state index contributed by atoms with van der Waals surface area (Å²) in [7, 11) is 1.64. The summed E-state index contributed by atoms with van der Waals surface area (Å²) in [4.78, 5) is 23.0. The molecule has 362 valence electrons. The van der Waals surface area contributed by atoms with Crippen LogP contribution >= 0.6 is 7.82 Å². The number of hydrogen-bond acceptors (Lipinski definition) is 6. The van der Waals surface area contributed by atoms with Gasteiger partial charge in [-0.3, -0.25) is 13.8 Å². The van der Waals surface area contributed by atoms with Gasteiger partial charge < -0.3 is 18.9 Å². The second-order valence-corrected chi connectivity index (χ2v) is 18.9. The molecule has 0 aromatic carbocycles. The molecule has 0 aromatic rings. The molecule has 9 heteroatoms. The maximum absolute atomic E-state index is 12.8. The third kappa shape index (κ3) is 50.3. The van der Waals surface area contributed by atoms with Gasteiger partial charge in [-0.05, 0) is 89.9 Å². The molecule has 0 spiro atoms. The molecule has 0 rings (SSSR count). The van der Waals surface area contributed by atoms with Gasteiger partial charge in [-0.25, -0.2) is 4.57 Å². The van der Waals surface area contributed by atoms with Gasteiger partial charge in [0.05, 0.1) is 34.4 Å². The van der Waals surface area contributed by atoms with E-state index in [1.54, 1.807) is 0 Å². The molecule has 2 unspecified atom stereocenters. The van der Waals surface area contributed by atoms with Gasteiger partial charge in [-0.15, -0.1) is 0 Å². The molecule has 0 radical (unpaired) electrons. The van der Waals surface area contributed by atoms with Crippen molar-refractivity contribution in [2.75, 3.05) is 54.1 Å². The van der Waals surface area contributed by atoms with Gasteiger partial charge in [0.1, 0.15) is 19.3 Å². The first-order valence-corrected chi connectivity index (χ1v) is 26.5. The van der Waals surface area contributed by atoms with Crippen LogP contribution in [0.3, 0.4) is 0 Å². The number of likely N-dealkylation sites (N-methyl/N-ethyl adjacent to an activating group) is 1. The maximum atomic E-state index is 12.8. The summed E-state index contributed by atoms with van der Waals surface area (Å²) in [6.45, 7) is 5.35. The molecule has 0 amide bonds. The van der Waals surface area contributed by atoms with E-state index in [2.05, 4.69) is 111 Å². The van der Waals surface area contributed by atoms with E-state index in [1.165, 1.54) is 64.2 Å². The van der Waals surface area contributed by atoms with Crippen molar-refractivity contribution in [3.05, 3.63) is 97.2 Å². The molecule has 1 N–H and O–H groups in total. The summed E-state index contributed by atoms with van der Waals surface area (Å²) in [5.74, 6) is -0.330. The van der Waals surface area contributed by atoms with Crippen LogP contribution in [0.2, 0.25) is 0 Å². The number of quaternary nitrogens is 1. The number of carbonyl (C=O) groups excluding carboxylic acids is 1. The smallest absolute Gasteiger partial charge is 0.457 e. The molecule has 0 aliphatic heterocycles. The molecule has 0 saturated heterocycles. The molecule has 0 bridgehead atoms. The van der Waals surface area contributed by atoms with E-state index in [-0.39, 0.29) is 25.8 Å². The number of carbonyl (C=O) groups is 1. The van der Waals surface area contributed by atoms with E-state index >= 15 is 0 Å². The molecule has 0 aliphatic carbocycles. The summed E-state index contributed by atoms with van der Waals surface area (Å²) in [6, 6.07) is 0. The predicted octanol–water partition coefficient (Wildman–Crippen LogP) is 15.4. The van der Waals surface area contributed by atoms with Crippen LogP contribution in [0.4, 0.5) is 0 Å². The Bertz CT molecular complexity index is 1320. The predicted molar refractivity (Wildman–Crippen MR) is 270 cm³/mol. The topological polar surface area (TPSA) is 91.3 Å². The average molecular weight is 901 g/mol. The van der Waals surface area contributed by atoms with Gasteiger partial charge in [-0.1, -0.05) is 182 Å².